The average molecular weight is 361 g/mol. The number of carbonyl (C=O) groups excluding carboxylic acids is 2. The number of hydrogen-bond donors (Lipinski definition) is 2. The SMILES string of the molecule is O=C(Nc1ccccc1C(=O)NC1CCCC1)c1ccc(F)cc1Cl. The third-order valence-electron chi connectivity index (χ3n) is 4.29. The lowest BCUT2D eigenvalue weighted by Crippen LogP contribution is -2.33. The van der Waals surface area contributed by atoms with Crippen LogP contribution in [0.4, 0.5) is 10.1 Å². The quantitative estimate of drug-likeness (QED) is 0.848. The van der Waals surface area contributed by atoms with Gasteiger partial charge in [0.25, 0.3) is 11.8 Å². The third kappa shape index (κ3) is 4.17. The highest BCUT2D eigenvalue weighted by molar-refractivity contribution is 6.34. The molecule has 1 fully saturated rings. The van der Waals surface area contributed by atoms with E-state index in [1.54, 1.807) is 24.3 Å². The summed E-state index contributed by atoms with van der Waals surface area (Å²) in [5.41, 5.74) is 0.929. The van der Waals surface area contributed by atoms with Gasteiger partial charge < -0.3 is 10.6 Å². The molecule has 0 bridgehead atoms. The number of rotatable bonds is 4. The van der Waals surface area contributed by atoms with E-state index in [1.165, 1.54) is 12.1 Å². The number of hydrogen-bond acceptors (Lipinski definition) is 2. The molecular formula is C19H18ClFN2O2. The average Bonchev–Trinajstić information content (AvgIpc) is 3.08. The van der Waals surface area contributed by atoms with Crippen molar-refractivity contribution in [1.29, 1.82) is 0 Å². The van der Waals surface area contributed by atoms with Crippen molar-refractivity contribution in [1.82, 2.24) is 5.32 Å². The molecule has 0 unspecified atom stereocenters. The molecule has 1 saturated carbocycles. The van der Waals surface area contributed by atoms with E-state index in [9.17, 15) is 14.0 Å². The Balaban J connectivity index is 1.78. The number of amides is 2. The topological polar surface area (TPSA) is 58.2 Å². The van der Waals surface area contributed by atoms with E-state index in [4.69, 9.17) is 11.6 Å². The van der Waals surface area contributed by atoms with Crippen LogP contribution in [0.5, 0.6) is 0 Å². The molecule has 6 heteroatoms. The van der Waals surface area contributed by atoms with Crippen LogP contribution in [0.1, 0.15) is 46.4 Å². The maximum atomic E-state index is 13.1. The Morgan fingerprint density at radius 1 is 1.00 bits per heavy atom. The van der Waals surface area contributed by atoms with Gasteiger partial charge in [0.1, 0.15) is 5.82 Å². The molecule has 25 heavy (non-hydrogen) atoms. The van der Waals surface area contributed by atoms with Gasteiger partial charge in [0.05, 0.1) is 21.8 Å². The molecule has 0 spiro atoms. The molecule has 0 aromatic heterocycles. The summed E-state index contributed by atoms with van der Waals surface area (Å²) in [5, 5.41) is 5.71. The fourth-order valence-corrected chi connectivity index (χ4v) is 3.24. The lowest BCUT2D eigenvalue weighted by atomic mass is 10.1. The van der Waals surface area contributed by atoms with Crippen molar-refractivity contribution in [2.75, 3.05) is 5.32 Å². The predicted octanol–water partition coefficient (Wildman–Crippen LogP) is 4.40. The highest BCUT2D eigenvalue weighted by Gasteiger charge is 2.20. The van der Waals surface area contributed by atoms with Crippen molar-refractivity contribution in [3.63, 3.8) is 0 Å². The van der Waals surface area contributed by atoms with Gasteiger partial charge in [-0.05, 0) is 43.2 Å². The maximum absolute atomic E-state index is 13.1. The molecule has 3 rings (SSSR count). The van der Waals surface area contributed by atoms with E-state index in [-0.39, 0.29) is 22.5 Å². The largest absolute Gasteiger partial charge is 0.349 e. The Kier molecular flexibility index (Phi) is 5.34. The molecular weight excluding hydrogens is 343 g/mol. The van der Waals surface area contributed by atoms with Crippen molar-refractivity contribution in [2.24, 2.45) is 0 Å². The molecule has 1 aliphatic carbocycles. The van der Waals surface area contributed by atoms with Gasteiger partial charge in [-0.2, -0.15) is 0 Å². The van der Waals surface area contributed by atoms with Gasteiger partial charge in [-0.3, -0.25) is 9.59 Å². The molecule has 0 saturated heterocycles. The molecule has 2 aromatic carbocycles. The summed E-state index contributed by atoms with van der Waals surface area (Å²) < 4.78 is 13.1. The van der Waals surface area contributed by atoms with Crippen molar-refractivity contribution in [3.8, 4) is 0 Å². The summed E-state index contributed by atoms with van der Waals surface area (Å²) in [5.74, 6) is -1.22. The summed E-state index contributed by atoms with van der Waals surface area (Å²) in [6.45, 7) is 0. The molecule has 0 radical (unpaired) electrons. The normalized spacial score (nSPS) is 14.3. The van der Waals surface area contributed by atoms with Crippen LogP contribution >= 0.6 is 11.6 Å². The molecule has 2 aromatic rings. The van der Waals surface area contributed by atoms with E-state index in [1.807, 2.05) is 0 Å². The lowest BCUT2D eigenvalue weighted by molar-refractivity contribution is 0.0939. The minimum Gasteiger partial charge on any atom is -0.349 e. The first kappa shape index (κ1) is 17.4. The summed E-state index contributed by atoms with van der Waals surface area (Å²) >= 11 is 5.93. The van der Waals surface area contributed by atoms with Crippen LogP contribution in [0.3, 0.4) is 0 Å². The Morgan fingerprint density at radius 2 is 1.72 bits per heavy atom. The van der Waals surface area contributed by atoms with E-state index in [0.29, 0.717) is 11.3 Å². The summed E-state index contributed by atoms with van der Waals surface area (Å²) in [6.07, 6.45) is 4.19. The minimum atomic E-state index is -0.516. The van der Waals surface area contributed by atoms with Gasteiger partial charge >= 0.3 is 0 Å². The van der Waals surface area contributed by atoms with Gasteiger partial charge in [-0.25, -0.2) is 4.39 Å². The lowest BCUT2D eigenvalue weighted by Gasteiger charge is -2.15. The number of anilines is 1. The number of nitrogens with one attached hydrogen (secondary N) is 2. The summed E-state index contributed by atoms with van der Waals surface area (Å²) in [7, 11) is 0. The van der Waals surface area contributed by atoms with Crippen LogP contribution < -0.4 is 10.6 Å². The van der Waals surface area contributed by atoms with Crippen LogP contribution in [0.25, 0.3) is 0 Å². The van der Waals surface area contributed by atoms with Gasteiger partial charge in [0.15, 0.2) is 0 Å². The standard InChI is InChI=1S/C19H18ClFN2O2/c20-16-11-12(21)9-10-14(16)18(24)23-17-8-4-3-7-15(17)19(25)22-13-5-1-2-6-13/h3-4,7-11,13H,1-2,5-6H2,(H,22,25)(H,23,24). The Morgan fingerprint density at radius 3 is 2.44 bits per heavy atom. The Bertz CT molecular complexity index is 804. The zero-order chi connectivity index (χ0) is 17.8. The summed E-state index contributed by atoms with van der Waals surface area (Å²) in [4.78, 5) is 24.9. The van der Waals surface area contributed by atoms with Crippen molar-refractivity contribution < 1.29 is 14.0 Å². The van der Waals surface area contributed by atoms with Crippen LogP contribution in [0.15, 0.2) is 42.5 Å². The van der Waals surface area contributed by atoms with Crippen molar-refractivity contribution >= 4 is 29.1 Å². The first-order valence-electron chi connectivity index (χ1n) is 8.21. The Hall–Kier alpha value is -2.40. The minimum absolute atomic E-state index is 0.0189. The smallest absolute Gasteiger partial charge is 0.257 e. The van der Waals surface area contributed by atoms with E-state index in [2.05, 4.69) is 10.6 Å². The zero-order valence-corrected chi connectivity index (χ0v) is 14.3. The van der Waals surface area contributed by atoms with Crippen molar-refractivity contribution in [3.05, 3.63) is 64.4 Å². The molecule has 1 aliphatic rings. The fraction of sp³-hybridized carbons (Fsp3) is 0.263. The van der Waals surface area contributed by atoms with E-state index in [0.717, 1.165) is 31.7 Å². The molecule has 0 aliphatic heterocycles. The molecule has 4 nitrogen and oxygen atoms in total. The van der Waals surface area contributed by atoms with Crippen molar-refractivity contribution in [2.45, 2.75) is 31.7 Å². The second-order valence-corrected chi connectivity index (χ2v) is 6.49. The van der Waals surface area contributed by atoms with E-state index < -0.39 is 11.7 Å². The number of halogens is 2. The molecule has 2 amide bonds. The monoisotopic (exact) mass is 360 g/mol. The number of carbonyl (C=O) groups is 2. The van der Waals surface area contributed by atoms with E-state index >= 15 is 0 Å². The van der Waals surface area contributed by atoms with Crippen LogP contribution in [-0.2, 0) is 0 Å². The second-order valence-electron chi connectivity index (χ2n) is 6.08. The van der Waals surface area contributed by atoms with Gasteiger partial charge in [-0.1, -0.05) is 36.6 Å². The molecule has 130 valence electrons. The van der Waals surface area contributed by atoms with Gasteiger partial charge in [0.2, 0.25) is 0 Å². The zero-order valence-electron chi connectivity index (χ0n) is 13.5. The summed E-state index contributed by atoms with van der Waals surface area (Å²) in [6, 6.07) is 10.5. The highest BCUT2D eigenvalue weighted by Crippen LogP contribution is 2.22. The Labute approximate surface area is 150 Å². The molecule has 2 N–H and O–H groups in total. The number of benzene rings is 2. The third-order valence-corrected chi connectivity index (χ3v) is 4.60. The van der Waals surface area contributed by atoms with Gasteiger partial charge in [-0.15, -0.1) is 0 Å². The predicted molar refractivity (Wildman–Crippen MR) is 95.5 cm³/mol. The second kappa shape index (κ2) is 7.66. The van der Waals surface area contributed by atoms with Crippen LogP contribution in [-0.4, -0.2) is 17.9 Å². The molecule has 0 atom stereocenters. The van der Waals surface area contributed by atoms with Crippen LogP contribution in [0.2, 0.25) is 5.02 Å². The maximum Gasteiger partial charge on any atom is 0.257 e. The first-order valence-corrected chi connectivity index (χ1v) is 8.58. The number of para-hydroxylation sites is 1. The van der Waals surface area contributed by atoms with Crippen LogP contribution in [0, 0.1) is 5.82 Å². The molecule has 0 heterocycles. The highest BCUT2D eigenvalue weighted by atomic mass is 35.5. The van der Waals surface area contributed by atoms with Gasteiger partial charge in [0, 0.05) is 6.04 Å². The fourth-order valence-electron chi connectivity index (χ4n) is 2.99. The first-order chi connectivity index (χ1) is 12.0.